The Morgan fingerprint density at radius 2 is 2.14 bits per heavy atom. The smallest absolute Gasteiger partial charge is 0.164 e. The summed E-state index contributed by atoms with van der Waals surface area (Å²) in [6.07, 6.45) is 8.61. The number of rotatable bonds is 8. The Morgan fingerprint density at radius 1 is 1.32 bits per heavy atom. The van der Waals surface area contributed by atoms with Gasteiger partial charge in [0.05, 0.1) is 24.1 Å². The zero-order chi connectivity index (χ0) is 26.3. The summed E-state index contributed by atoms with van der Waals surface area (Å²) in [5.74, 6) is 1.12. The molecule has 4 atom stereocenters. The number of nitrogen functional groups attached to an aromatic ring is 1. The van der Waals surface area contributed by atoms with Crippen LogP contribution in [0.2, 0.25) is 5.02 Å². The SMILES string of the molecule is CCNC(O)c1c(C)c(Cl)cc(C(C)n2nc(C3=CC4NN=CC4C=C3)c3c(N)ncnc32)c1OCC. The van der Waals surface area contributed by atoms with E-state index in [1.54, 1.807) is 0 Å². The van der Waals surface area contributed by atoms with Crippen molar-refractivity contribution in [3.63, 3.8) is 0 Å². The minimum atomic E-state index is -0.939. The van der Waals surface area contributed by atoms with Crippen molar-refractivity contribution in [3.8, 4) is 5.75 Å². The zero-order valence-electron chi connectivity index (χ0n) is 21.2. The molecule has 1 aromatic carbocycles. The van der Waals surface area contributed by atoms with Crippen molar-refractivity contribution in [1.82, 2.24) is 30.5 Å². The number of hydrogen-bond donors (Lipinski definition) is 4. The van der Waals surface area contributed by atoms with E-state index in [2.05, 4.69) is 38.0 Å². The van der Waals surface area contributed by atoms with Crippen LogP contribution in [0.25, 0.3) is 16.6 Å². The molecular formula is C26H31ClN8O2. The molecule has 3 aromatic rings. The lowest BCUT2D eigenvalue weighted by molar-refractivity contribution is 0.136. The molecule has 0 radical (unpaired) electrons. The zero-order valence-corrected chi connectivity index (χ0v) is 22.0. The largest absolute Gasteiger partial charge is 0.493 e. The van der Waals surface area contributed by atoms with Crippen molar-refractivity contribution in [2.24, 2.45) is 11.0 Å². The topological polar surface area (TPSA) is 136 Å². The first-order valence-electron chi connectivity index (χ1n) is 12.4. The molecule has 0 saturated heterocycles. The highest BCUT2D eigenvalue weighted by Gasteiger charge is 2.30. The molecule has 5 N–H and O–H groups in total. The fraction of sp³-hybridized carbons (Fsp3) is 0.385. The van der Waals surface area contributed by atoms with E-state index < -0.39 is 6.23 Å². The van der Waals surface area contributed by atoms with Gasteiger partial charge in [0.25, 0.3) is 0 Å². The normalized spacial score (nSPS) is 20.0. The van der Waals surface area contributed by atoms with Crippen LogP contribution in [0.15, 0.2) is 35.7 Å². The summed E-state index contributed by atoms with van der Waals surface area (Å²) >= 11 is 6.68. The lowest BCUT2D eigenvalue weighted by Crippen LogP contribution is -2.26. The Bertz CT molecular complexity index is 1430. The Hall–Kier alpha value is -3.47. The fourth-order valence-corrected chi connectivity index (χ4v) is 5.16. The van der Waals surface area contributed by atoms with Gasteiger partial charge in [-0.2, -0.15) is 10.2 Å². The first kappa shape index (κ1) is 25.2. The van der Waals surface area contributed by atoms with Gasteiger partial charge >= 0.3 is 0 Å². The Labute approximate surface area is 220 Å². The average Bonchev–Trinajstić information content (AvgIpc) is 3.51. The van der Waals surface area contributed by atoms with Crippen LogP contribution in [0.5, 0.6) is 5.75 Å². The minimum Gasteiger partial charge on any atom is -0.493 e. The number of nitrogens with zero attached hydrogens (tertiary/aromatic N) is 5. The number of hydrogen-bond acceptors (Lipinski definition) is 9. The molecular weight excluding hydrogens is 492 g/mol. The van der Waals surface area contributed by atoms with Crippen LogP contribution >= 0.6 is 11.6 Å². The molecule has 0 spiro atoms. The number of anilines is 1. The van der Waals surface area contributed by atoms with Crippen molar-refractivity contribution in [3.05, 3.63) is 58.0 Å². The number of benzene rings is 1. The van der Waals surface area contributed by atoms with Gasteiger partial charge in [0.15, 0.2) is 5.65 Å². The Morgan fingerprint density at radius 3 is 2.89 bits per heavy atom. The second kappa shape index (κ2) is 10.1. The molecule has 2 aliphatic rings. The van der Waals surface area contributed by atoms with Crippen LogP contribution in [-0.2, 0) is 0 Å². The van der Waals surface area contributed by atoms with Crippen LogP contribution in [0, 0.1) is 12.8 Å². The van der Waals surface area contributed by atoms with Gasteiger partial charge < -0.3 is 21.0 Å². The number of fused-ring (bicyclic) bond motifs is 2. The van der Waals surface area contributed by atoms with Crippen LogP contribution in [0.1, 0.15) is 55.4 Å². The van der Waals surface area contributed by atoms with Crippen molar-refractivity contribution < 1.29 is 9.84 Å². The number of aliphatic hydroxyl groups excluding tert-OH is 1. The van der Waals surface area contributed by atoms with Gasteiger partial charge in [-0.25, -0.2) is 14.6 Å². The molecule has 4 unspecified atom stereocenters. The highest BCUT2D eigenvalue weighted by Crippen LogP contribution is 2.41. The van der Waals surface area contributed by atoms with Crippen LogP contribution in [0.4, 0.5) is 5.82 Å². The lowest BCUT2D eigenvalue weighted by Gasteiger charge is -2.25. The molecule has 0 amide bonds. The van der Waals surface area contributed by atoms with Crippen LogP contribution < -0.4 is 21.2 Å². The van der Waals surface area contributed by atoms with Crippen molar-refractivity contribution in [2.45, 2.75) is 46.0 Å². The second-order valence-electron chi connectivity index (χ2n) is 9.13. The van der Waals surface area contributed by atoms with E-state index in [1.165, 1.54) is 6.33 Å². The molecule has 0 fully saturated rings. The summed E-state index contributed by atoms with van der Waals surface area (Å²) in [7, 11) is 0. The summed E-state index contributed by atoms with van der Waals surface area (Å²) in [5, 5.41) is 24.4. The van der Waals surface area contributed by atoms with Crippen molar-refractivity contribution in [1.29, 1.82) is 0 Å². The third-order valence-corrected chi connectivity index (χ3v) is 7.25. The third kappa shape index (κ3) is 4.35. The van der Waals surface area contributed by atoms with Gasteiger partial charge in [-0.1, -0.05) is 36.8 Å². The van der Waals surface area contributed by atoms with Crippen LogP contribution in [-0.4, -0.2) is 50.3 Å². The minimum absolute atomic E-state index is 0.0547. The van der Waals surface area contributed by atoms with E-state index in [1.807, 2.05) is 50.7 Å². The van der Waals surface area contributed by atoms with Gasteiger partial charge in [-0.3, -0.25) is 5.32 Å². The molecule has 0 bridgehead atoms. The number of nitrogens with one attached hydrogen (secondary N) is 2. The number of aromatic nitrogens is 4. The van der Waals surface area contributed by atoms with Crippen LogP contribution in [0.3, 0.4) is 0 Å². The number of hydrazone groups is 1. The highest BCUT2D eigenvalue weighted by atomic mass is 35.5. The summed E-state index contributed by atoms with van der Waals surface area (Å²) in [6.45, 7) is 8.71. The fourth-order valence-electron chi connectivity index (χ4n) is 4.94. The molecule has 194 valence electrons. The second-order valence-corrected chi connectivity index (χ2v) is 9.53. The quantitative estimate of drug-likeness (QED) is 0.330. The number of nitrogens with two attached hydrogens (primary N) is 1. The Balaban J connectivity index is 1.68. The number of ether oxygens (including phenoxy) is 1. The Kier molecular flexibility index (Phi) is 6.89. The third-order valence-electron chi connectivity index (χ3n) is 6.86. The van der Waals surface area contributed by atoms with Gasteiger partial charge in [-0.05, 0) is 38.9 Å². The number of allylic oxidation sites excluding steroid dienone is 2. The molecule has 11 heteroatoms. The molecule has 3 heterocycles. The van der Waals surface area contributed by atoms with Gasteiger partial charge in [0.2, 0.25) is 0 Å². The molecule has 2 aromatic heterocycles. The standard InChI is InChI=1S/C26H31ClN8O2/c1-5-29-26(36)20-13(3)18(27)10-17(23(20)37-6-2)14(4)35-25-21(24(28)30-12-31-25)22(34-35)15-7-8-16-11-32-33-19(16)9-15/h7-12,14,16,19,26,29,33,36H,5-6H2,1-4H3,(H2,28,30,31). The first-order chi connectivity index (χ1) is 17.8. The molecule has 10 nitrogen and oxygen atoms in total. The highest BCUT2D eigenvalue weighted by molar-refractivity contribution is 6.31. The molecule has 37 heavy (non-hydrogen) atoms. The predicted octanol–water partition coefficient (Wildman–Crippen LogP) is 3.51. The first-order valence-corrected chi connectivity index (χ1v) is 12.8. The average molecular weight is 523 g/mol. The maximum absolute atomic E-state index is 10.9. The summed E-state index contributed by atoms with van der Waals surface area (Å²) in [5.41, 5.74) is 13.8. The summed E-state index contributed by atoms with van der Waals surface area (Å²) < 4.78 is 7.93. The molecule has 5 rings (SSSR count). The van der Waals surface area contributed by atoms with Gasteiger partial charge in [-0.15, -0.1) is 0 Å². The number of halogens is 1. The maximum Gasteiger partial charge on any atom is 0.164 e. The predicted molar refractivity (Wildman–Crippen MR) is 146 cm³/mol. The van der Waals surface area contributed by atoms with E-state index in [0.29, 0.717) is 52.0 Å². The van der Waals surface area contributed by atoms with Gasteiger partial charge in [0, 0.05) is 33.9 Å². The van der Waals surface area contributed by atoms with E-state index in [4.69, 9.17) is 27.2 Å². The summed E-state index contributed by atoms with van der Waals surface area (Å²) in [6, 6.07) is 1.57. The van der Waals surface area contributed by atoms with E-state index in [9.17, 15) is 5.11 Å². The monoisotopic (exact) mass is 522 g/mol. The summed E-state index contributed by atoms with van der Waals surface area (Å²) in [4.78, 5) is 8.80. The van der Waals surface area contributed by atoms with E-state index in [0.717, 1.165) is 16.7 Å². The number of aliphatic hydroxyl groups is 1. The maximum atomic E-state index is 10.9. The molecule has 1 aliphatic heterocycles. The van der Waals surface area contributed by atoms with E-state index in [-0.39, 0.29) is 18.0 Å². The van der Waals surface area contributed by atoms with Crippen molar-refractivity contribution in [2.75, 3.05) is 18.9 Å². The van der Waals surface area contributed by atoms with E-state index >= 15 is 0 Å². The lowest BCUT2D eigenvalue weighted by atomic mass is 9.92. The molecule has 1 aliphatic carbocycles. The van der Waals surface area contributed by atoms with Gasteiger partial charge in [0.1, 0.15) is 29.8 Å². The molecule has 0 saturated carbocycles. The van der Waals surface area contributed by atoms with Crippen molar-refractivity contribution >= 4 is 40.2 Å².